The minimum atomic E-state index is -1.09. The van der Waals surface area contributed by atoms with E-state index in [0.29, 0.717) is 0 Å². The first kappa shape index (κ1) is 9.33. The van der Waals surface area contributed by atoms with E-state index in [1.165, 1.54) is 0 Å². The molecule has 0 aromatic heterocycles. The normalized spacial score (nSPS) is 20.0. The summed E-state index contributed by atoms with van der Waals surface area (Å²) < 4.78 is 222. The van der Waals surface area contributed by atoms with Gasteiger partial charge in [0.05, 0.1) is 34.3 Å². The van der Waals surface area contributed by atoms with E-state index in [0.717, 1.165) is 0 Å². The zero-order valence-corrected chi connectivity index (χ0v) is 20.4. The molecule has 0 saturated heterocycles. The number of hydrogen-bond donors (Lipinski definition) is 1. The van der Waals surface area contributed by atoms with Gasteiger partial charge in [-0.25, -0.2) is 0 Å². The second kappa shape index (κ2) is 9.36. The zero-order valence-electron chi connectivity index (χ0n) is 45.4. The summed E-state index contributed by atoms with van der Waals surface area (Å²) in [4.78, 5) is 0. The molecule has 192 valence electrons. The summed E-state index contributed by atoms with van der Waals surface area (Å²) in [6, 6.07) is -24.0. The summed E-state index contributed by atoms with van der Waals surface area (Å²) in [7, 11) is 0. The largest absolute Gasteiger partial charge is 0.507 e. The highest BCUT2D eigenvalue weighted by Gasteiger charge is 2.17. The van der Waals surface area contributed by atoms with E-state index in [9.17, 15) is 16.1 Å². The van der Waals surface area contributed by atoms with Crippen LogP contribution in [0.2, 0.25) is 0 Å². The lowest BCUT2D eigenvalue weighted by molar-refractivity contribution is 0.481. The average molecular weight is 548 g/mol. The number of fused-ring (bicyclic) bond motifs is 4. The summed E-state index contributed by atoms with van der Waals surface area (Å²) in [6.07, 6.45) is 0. The minimum Gasteiger partial charge on any atom is -0.507 e. The van der Waals surface area contributed by atoms with Crippen LogP contribution in [0.1, 0.15) is 34.3 Å². The topological polar surface area (TPSA) is 20.2 Å². The molecule has 0 radical (unpaired) electrons. The van der Waals surface area contributed by atoms with Crippen LogP contribution in [0.4, 0.5) is 0 Å². The number of benzene rings is 8. The molecule has 0 heterocycles. The molecule has 0 spiro atoms. The number of phenolic OH excluding ortho intramolecular Hbond substituents is 1. The molecular weight excluding hydrogens is 496 g/mol. The van der Waals surface area contributed by atoms with Crippen molar-refractivity contribution in [1.29, 1.82) is 0 Å². The third kappa shape index (κ3) is 3.78. The Morgan fingerprint density at radius 2 is 0.854 bits per heavy atom. The molecule has 0 aliphatic carbocycles. The second-order valence-electron chi connectivity index (χ2n) is 8.72. The van der Waals surface area contributed by atoms with Crippen molar-refractivity contribution in [3.05, 3.63) is 151 Å². The van der Waals surface area contributed by atoms with Gasteiger partial charge >= 0.3 is 0 Å². The Bertz CT molecular complexity index is 3570. The summed E-state index contributed by atoms with van der Waals surface area (Å²) in [5.41, 5.74) is -4.79. The van der Waals surface area contributed by atoms with Gasteiger partial charge in [0, 0.05) is 5.39 Å². The van der Waals surface area contributed by atoms with Crippen molar-refractivity contribution >= 4 is 43.1 Å². The summed E-state index contributed by atoms with van der Waals surface area (Å²) >= 11 is 0. The molecule has 0 fully saturated rings. The Kier molecular flexibility index (Phi) is 2.13. The van der Waals surface area contributed by atoms with Gasteiger partial charge < -0.3 is 5.11 Å². The van der Waals surface area contributed by atoms with Crippen LogP contribution < -0.4 is 0 Å². The van der Waals surface area contributed by atoms with Gasteiger partial charge in [0.25, 0.3) is 0 Å². The van der Waals surface area contributed by atoms with Crippen LogP contribution in [0.15, 0.2) is 151 Å². The molecule has 0 aliphatic rings. The molecule has 8 aromatic rings. The number of phenols is 1. The molecule has 0 aliphatic heterocycles. The van der Waals surface area contributed by atoms with Crippen molar-refractivity contribution in [2.75, 3.05) is 0 Å². The van der Waals surface area contributed by atoms with Gasteiger partial charge in [0.15, 0.2) is 0 Å². The Hall–Kier alpha value is -5.40. The Morgan fingerprint density at radius 1 is 0.366 bits per heavy atom. The number of rotatable bonds is 3. The summed E-state index contributed by atoms with van der Waals surface area (Å²) in [6.45, 7) is 0. The van der Waals surface area contributed by atoms with E-state index in [1.807, 2.05) is 0 Å². The second-order valence-corrected chi connectivity index (χ2v) is 8.72. The lowest BCUT2D eigenvalue weighted by atomic mass is 9.85. The molecular formula is C40H26O. The highest BCUT2D eigenvalue weighted by molar-refractivity contribution is 6.22. The molecule has 8 rings (SSSR count). The maximum Gasteiger partial charge on any atom is 0.123 e. The van der Waals surface area contributed by atoms with Crippen LogP contribution >= 0.6 is 0 Å². The van der Waals surface area contributed by atoms with Gasteiger partial charge in [-0.2, -0.15) is 0 Å². The van der Waals surface area contributed by atoms with Crippen molar-refractivity contribution in [2.24, 2.45) is 0 Å². The Labute approximate surface area is 273 Å². The van der Waals surface area contributed by atoms with E-state index in [2.05, 4.69) is 0 Å². The van der Waals surface area contributed by atoms with Crippen LogP contribution in [0.3, 0.4) is 0 Å². The van der Waals surface area contributed by atoms with E-state index < -0.39 is 233 Å². The molecule has 1 nitrogen and oxygen atoms in total. The van der Waals surface area contributed by atoms with Crippen LogP contribution in [0, 0.1) is 0 Å². The Balaban J connectivity index is 1.74. The Morgan fingerprint density at radius 3 is 1.54 bits per heavy atom. The molecule has 1 N–H and O–H groups in total. The molecule has 0 bridgehead atoms. The van der Waals surface area contributed by atoms with Crippen LogP contribution in [0.5, 0.6) is 5.75 Å². The maximum absolute atomic E-state index is 11.2. The number of aromatic hydroxyl groups is 1. The van der Waals surface area contributed by atoms with E-state index in [1.54, 1.807) is 0 Å². The first-order chi connectivity index (χ1) is 30.7. The van der Waals surface area contributed by atoms with Crippen molar-refractivity contribution < 1.29 is 39.4 Å². The smallest absolute Gasteiger partial charge is 0.123 e. The predicted molar refractivity (Wildman–Crippen MR) is 174 cm³/mol. The van der Waals surface area contributed by atoms with Gasteiger partial charge in [0.1, 0.15) is 5.75 Å². The molecule has 8 aromatic carbocycles. The first-order valence-corrected chi connectivity index (χ1v) is 12.0. The monoisotopic (exact) mass is 547 g/mol. The first-order valence-electron chi connectivity index (χ1n) is 24.5. The highest BCUT2D eigenvalue weighted by atomic mass is 16.3. The van der Waals surface area contributed by atoms with Gasteiger partial charge in [-0.05, 0) is 89.2 Å². The fourth-order valence-electron chi connectivity index (χ4n) is 4.74. The lowest BCUT2D eigenvalue weighted by Gasteiger charge is -2.18. The van der Waals surface area contributed by atoms with Crippen LogP contribution in [-0.2, 0) is 0 Å². The van der Waals surface area contributed by atoms with Crippen LogP contribution in [-0.4, -0.2) is 5.11 Å². The molecule has 0 amide bonds. The molecule has 41 heavy (non-hydrogen) atoms. The zero-order chi connectivity index (χ0) is 49.1. The predicted octanol–water partition coefficient (Wildman–Crippen LogP) is 11.0. The fraction of sp³-hybridized carbons (Fsp3) is 0. The highest BCUT2D eigenvalue weighted by Crippen LogP contribution is 2.45. The van der Waals surface area contributed by atoms with E-state index in [4.69, 9.17) is 23.3 Å². The summed E-state index contributed by atoms with van der Waals surface area (Å²) in [5, 5.41) is 5.52. The maximum atomic E-state index is 11.2. The number of hydrogen-bond acceptors (Lipinski definition) is 1. The van der Waals surface area contributed by atoms with Crippen LogP contribution in [0.25, 0.3) is 76.5 Å². The third-order valence-corrected chi connectivity index (χ3v) is 6.48. The van der Waals surface area contributed by atoms with Crippen molar-refractivity contribution in [3.8, 4) is 39.1 Å². The fourth-order valence-corrected chi connectivity index (χ4v) is 4.74. The van der Waals surface area contributed by atoms with Gasteiger partial charge in [-0.3, -0.25) is 0 Å². The summed E-state index contributed by atoms with van der Waals surface area (Å²) in [5.74, 6) is -1.09. The van der Waals surface area contributed by atoms with Gasteiger partial charge in [-0.15, -0.1) is 0 Å². The van der Waals surface area contributed by atoms with E-state index in [-0.39, 0.29) is 0 Å². The van der Waals surface area contributed by atoms with Crippen molar-refractivity contribution in [3.63, 3.8) is 0 Å². The van der Waals surface area contributed by atoms with Crippen molar-refractivity contribution in [1.82, 2.24) is 0 Å². The van der Waals surface area contributed by atoms with Gasteiger partial charge in [0.2, 0.25) is 0 Å². The van der Waals surface area contributed by atoms with Crippen molar-refractivity contribution in [2.45, 2.75) is 0 Å². The molecule has 0 saturated carbocycles. The van der Waals surface area contributed by atoms with E-state index >= 15 is 0 Å². The lowest BCUT2D eigenvalue weighted by Crippen LogP contribution is -1.91. The molecule has 1 heteroatoms. The average Bonchev–Trinajstić information content (AvgIpc) is 3.28. The third-order valence-electron chi connectivity index (χ3n) is 6.48. The minimum absolute atomic E-state index is 0.607. The van der Waals surface area contributed by atoms with Gasteiger partial charge in [-0.1, -0.05) is 133 Å². The SMILES string of the molecule is [2H]c1c([2H])c(-c2c([2H])c([2H])c([2H])c3c([2H])c([2H])c([2H])c([2H])c23)c([2H])c(-c2c3c([2H])c([2H])c([2H])c([2H])c3c(-c3c([2H])c([2H])c4c([2H])c([2H])c([2H])c(O)c4c3[2H])c3c([2H])c([2H])c([2H])c([2H])c23)c1[2H]. The molecule has 0 unspecified atom stereocenters. The quantitative estimate of drug-likeness (QED) is 0.218. The standard InChI is InChI=1S/C40H26O/c41-38-21-9-12-27-22-23-30(25-37(27)38)40-35-18-5-3-16-33(35)39(34-17-4-6-19-36(34)40)29-14-7-13-28(24-29)32-20-8-11-26-10-1-2-15-31(26)32/h1-25,41H/i1D,2D,3D,4D,5D,6D,7D,8D,9D,10D,11D,12D,13D,14D,15D,16D,17D,18D,19D,20D,21D,22D,23D,24D,25D. The molecule has 0 atom stereocenters.